The molecule has 20 heavy (non-hydrogen) atoms. The zero-order valence-corrected chi connectivity index (χ0v) is 12.3. The molecule has 7 nitrogen and oxygen atoms in total. The number of amides is 1. The van der Waals surface area contributed by atoms with E-state index in [2.05, 4.69) is 37.2 Å². The van der Waals surface area contributed by atoms with Crippen molar-refractivity contribution in [1.29, 1.82) is 0 Å². The maximum Gasteiger partial charge on any atom is 0.237 e. The van der Waals surface area contributed by atoms with Gasteiger partial charge in [0, 0.05) is 32.7 Å². The highest BCUT2D eigenvalue weighted by molar-refractivity contribution is 5.81. The SMILES string of the molecule is CCCCNC(=O)[C@H](C)N1CCN(c2ncn[nH]2)CC1. The fourth-order valence-electron chi connectivity index (χ4n) is 2.37. The predicted molar refractivity (Wildman–Crippen MR) is 77.5 cm³/mol. The lowest BCUT2D eigenvalue weighted by atomic mass is 10.2. The number of aromatic nitrogens is 3. The molecule has 7 heteroatoms. The average Bonchev–Trinajstić information content (AvgIpc) is 3.01. The number of carbonyl (C=O) groups excluding carboxylic acids is 1. The van der Waals surface area contributed by atoms with Crippen molar-refractivity contribution < 1.29 is 4.79 Å². The van der Waals surface area contributed by atoms with Gasteiger partial charge in [-0.1, -0.05) is 13.3 Å². The van der Waals surface area contributed by atoms with Gasteiger partial charge in [0.15, 0.2) is 0 Å². The standard InChI is InChI=1S/C13H24N6O/c1-3-4-5-14-12(20)11(2)18-6-8-19(9-7-18)13-15-10-16-17-13/h10-11H,3-9H2,1-2H3,(H,14,20)(H,15,16,17)/t11-/m0/s1. The largest absolute Gasteiger partial charge is 0.355 e. The number of carbonyl (C=O) groups is 1. The van der Waals surface area contributed by atoms with Crippen molar-refractivity contribution in [2.75, 3.05) is 37.6 Å². The number of unbranched alkanes of at least 4 members (excludes halogenated alkanes) is 1. The molecule has 2 rings (SSSR count). The summed E-state index contributed by atoms with van der Waals surface area (Å²) in [5.41, 5.74) is 0. The molecule has 0 bridgehead atoms. The number of H-pyrrole nitrogens is 1. The number of rotatable bonds is 6. The van der Waals surface area contributed by atoms with E-state index in [4.69, 9.17) is 0 Å². The molecule has 0 aliphatic carbocycles. The molecule has 1 aliphatic heterocycles. The topological polar surface area (TPSA) is 77.2 Å². The third-order valence-electron chi connectivity index (χ3n) is 3.77. The van der Waals surface area contributed by atoms with Gasteiger partial charge in [-0.15, -0.1) is 0 Å². The van der Waals surface area contributed by atoms with Crippen LogP contribution >= 0.6 is 0 Å². The molecule has 2 heterocycles. The summed E-state index contributed by atoms with van der Waals surface area (Å²) in [4.78, 5) is 20.6. The summed E-state index contributed by atoms with van der Waals surface area (Å²) in [5, 5.41) is 9.74. The first kappa shape index (κ1) is 14.8. The summed E-state index contributed by atoms with van der Waals surface area (Å²) in [6.45, 7) is 8.33. The maximum absolute atomic E-state index is 12.0. The Labute approximate surface area is 119 Å². The molecule has 0 spiro atoms. The quantitative estimate of drug-likeness (QED) is 0.730. The number of hydrogen-bond acceptors (Lipinski definition) is 5. The summed E-state index contributed by atoms with van der Waals surface area (Å²) < 4.78 is 0. The Bertz CT molecular complexity index is 399. The maximum atomic E-state index is 12.0. The van der Waals surface area contributed by atoms with Crippen LogP contribution in [0.25, 0.3) is 0 Å². The Morgan fingerprint density at radius 2 is 2.20 bits per heavy atom. The summed E-state index contributed by atoms with van der Waals surface area (Å²) >= 11 is 0. The van der Waals surface area contributed by atoms with E-state index in [1.807, 2.05) is 6.92 Å². The van der Waals surface area contributed by atoms with E-state index in [1.165, 1.54) is 6.33 Å². The number of nitrogens with zero attached hydrogens (tertiary/aromatic N) is 4. The number of anilines is 1. The molecule has 1 aromatic rings. The Morgan fingerprint density at radius 3 is 2.80 bits per heavy atom. The Hall–Kier alpha value is -1.63. The molecular weight excluding hydrogens is 256 g/mol. The zero-order valence-electron chi connectivity index (χ0n) is 12.3. The van der Waals surface area contributed by atoms with Gasteiger partial charge in [0.2, 0.25) is 11.9 Å². The smallest absolute Gasteiger partial charge is 0.237 e. The summed E-state index contributed by atoms with van der Waals surface area (Å²) in [6.07, 6.45) is 3.66. The lowest BCUT2D eigenvalue weighted by Gasteiger charge is -2.37. The molecule has 2 N–H and O–H groups in total. The Morgan fingerprint density at radius 1 is 1.45 bits per heavy atom. The van der Waals surface area contributed by atoms with Crippen LogP contribution in [-0.4, -0.2) is 64.8 Å². The Kier molecular flexibility index (Phi) is 5.34. The molecule has 1 saturated heterocycles. The van der Waals surface area contributed by atoms with Crippen LogP contribution in [0.15, 0.2) is 6.33 Å². The molecular formula is C13H24N6O. The first-order valence-corrected chi connectivity index (χ1v) is 7.34. The molecule has 0 saturated carbocycles. The van der Waals surface area contributed by atoms with Gasteiger partial charge >= 0.3 is 0 Å². The molecule has 1 aromatic heterocycles. The van der Waals surface area contributed by atoms with Crippen LogP contribution in [0.5, 0.6) is 0 Å². The van der Waals surface area contributed by atoms with E-state index < -0.39 is 0 Å². The third kappa shape index (κ3) is 3.69. The molecule has 1 fully saturated rings. The lowest BCUT2D eigenvalue weighted by Crippen LogP contribution is -2.54. The predicted octanol–water partition coefficient (Wildman–Crippen LogP) is 0.232. The summed E-state index contributed by atoms with van der Waals surface area (Å²) in [6, 6.07) is -0.0660. The van der Waals surface area contributed by atoms with Crippen LogP contribution in [0.3, 0.4) is 0 Å². The fraction of sp³-hybridized carbons (Fsp3) is 0.769. The number of piperazine rings is 1. The van der Waals surface area contributed by atoms with Crippen molar-refractivity contribution in [3.8, 4) is 0 Å². The van der Waals surface area contributed by atoms with Gasteiger partial charge in [0.1, 0.15) is 6.33 Å². The second kappa shape index (κ2) is 7.23. The van der Waals surface area contributed by atoms with Crippen LogP contribution < -0.4 is 10.2 Å². The van der Waals surface area contributed by atoms with Crippen LogP contribution in [0.2, 0.25) is 0 Å². The van der Waals surface area contributed by atoms with Gasteiger partial charge in [-0.3, -0.25) is 9.69 Å². The van der Waals surface area contributed by atoms with Crippen LogP contribution in [-0.2, 0) is 4.79 Å². The first-order valence-electron chi connectivity index (χ1n) is 7.34. The van der Waals surface area contributed by atoms with Gasteiger partial charge in [0.05, 0.1) is 6.04 Å². The van der Waals surface area contributed by atoms with Crippen molar-refractivity contribution in [3.05, 3.63) is 6.33 Å². The van der Waals surface area contributed by atoms with E-state index in [0.29, 0.717) is 0 Å². The molecule has 0 unspecified atom stereocenters. The number of aromatic amines is 1. The minimum absolute atomic E-state index is 0.0660. The lowest BCUT2D eigenvalue weighted by molar-refractivity contribution is -0.126. The number of hydrogen-bond donors (Lipinski definition) is 2. The number of nitrogens with one attached hydrogen (secondary N) is 2. The zero-order chi connectivity index (χ0) is 14.4. The van der Waals surface area contributed by atoms with Gasteiger partial charge in [-0.2, -0.15) is 10.1 Å². The first-order chi connectivity index (χ1) is 9.72. The second-order valence-corrected chi connectivity index (χ2v) is 5.15. The highest BCUT2D eigenvalue weighted by Crippen LogP contribution is 2.11. The molecule has 1 atom stereocenters. The van der Waals surface area contributed by atoms with E-state index in [-0.39, 0.29) is 11.9 Å². The van der Waals surface area contributed by atoms with Crippen molar-refractivity contribution in [3.63, 3.8) is 0 Å². The summed E-state index contributed by atoms with van der Waals surface area (Å²) in [7, 11) is 0. The average molecular weight is 280 g/mol. The van der Waals surface area contributed by atoms with Crippen molar-refractivity contribution in [2.45, 2.75) is 32.7 Å². The monoisotopic (exact) mass is 280 g/mol. The van der Waals surface area contributed by atoms with Gasteiger partial charge in [0.25, 0.3) is 0 Å². The molecule has 112 valence electrons. The second-order valence-electron chi connectivity index (χ2n) is 5.15. The minimum atomic E-state index is -0.0660. The van der Waals surface area contributed by atoms with E-state index >= 15 is 0 Å². The minimum Gasteiger partial charge on any atom is -0.355 e. The van der Waals surface area contributed by atoms with Crippen molar-refractivity contribution in [2.24, 2.45) is 0 Å². The molecule has 0 radical (unpaired) electrons. The summed E-state index contributed by atoms with van der Waals surface area (Å²) in [5.74, 6) is 0.941. The van der Waals surface area contributed by atoms with Gasteiger partial charge in [-0.05, 0) is 13.3 Å². The van der Waals surface area contributed by atoms with E-state index in [0.717, 1.165) is 51.5 Å². The van der Waals surface area contributed by atoms with Gasteiger partial charge < -0.3 is 10.2 Å². The van der Waals surface area contributed by atoms with Crippen LogP contribution in [0, 0.1) is 0 Å². The fourth-order valence-corrected chi connectivity index (χ4v) is 2.37. The molecule has 0 aromatic carbocycles. The van der Waals surface area contributed by atoms with Crippen molar-refractivity contribution in [1.82, 2.24) is 25.4 Å². The normalized spacial score (nSPS) is 18.0. The Balaban J connectivity index is 1.76. The van der Waals surface area contributed by atoms with E-state index in [9.17, 15) is 4.79 Å². The third-order valence-corrected chi connectivity index (χ3v) is 3.77. The molecule has 1 amide bonds. The highest BCUT2D eigenvalue weighted by atomic mass is 16.2. The van der Waals surface area contributed by atoms with Gasteiger partial charge in [-0.25, -0.2) is 5.10 Å². The highest BCUT2D eigenvalue weighted by Gasteiger charge is 2.26. The van der Waals surface area contributed by atoms with Crippen LogP contribution in [0.1, 0.15) is 26.7 Å². The van der Waals surface area contributed by atoms with Crippen molar-refractivity contribution >= 4 is 11.9 Å². The molecule has 1 aliphatic rings. The van der Waals surface area contributed by atoms with Crippen LogP contribution in [0.4, 0.5) is 5.95 Å². The van der Waals surface area contributed by atoms with E-state index in [1.54, 1.807) is 0 Å².